The Hall–Kier alpha value is -1.79. The van der Waals surface area contributed by atoms with Crippen molar-refractivity contribution >= 4 is 35.2 Å². The van der Waals surface area contributed by atoms with Gasteiger partial charge in [-0.25, -0.2) is 4.79 Å². The van der Waals surface area contributed by atoms with E-state index in [1.807, 2.05) is 19.1 Å². The zero-order valence-electron chi connectivity index (χ0n) is 10.3. The Balaban J connectivity index is 0.00000133. The van der Waals surface area contributed by atoms with Crippen molar-refractivity contribution in [3.8, 4) is 0 Å². The summed E-state index contributed by atoms with van der Waals surface area (Å²) in [6, 6.07) is 5.53. The third-order valence-electron chi connectivity index (χ3n) is 3.08. The number of aryl methyl sites for hydroxylation is 1. The smallest absolute Gasteiger partial charge is 0.414 e. The normalized spacial score (nSPS) is 18.5. The maximum Gasteiger partial charge on any atom is 0.414 e. The van der Waals surface area contributed by atoms with Gasteiger partial charge in [-0.3, -0.25) is 4.90 Å². The van der Waals surface area contributed by atoms with Crippen LogP contribution in [0, 0.1) is 6.92 Å². The molecule has 6 nitrogen and oxygen atoms in total. The van der Waals surface area contributed by atoms with Gasteiger partial charge in [-0.2, -0.15) is 0 Å². The van der Waals surface area contributed by atoms with E-state index >= 15 is 0 Å². The van der Waals surface area contributed by atoms with Gasteiger partial charge in [0.15, 0.2) is 5.58 Å². The van der Waals surface area contributed by atoms with E-state index in [0.29, 0.717) is 18.7 Å². The van der Waals surface area contributed by atoms with Crippen molar-refractivity contribution in [1.29, 1.82) is 0 Å². The predicted octanol–water partition coefficient (Wildman–Crippen LogP) is 1.84. The number of amides is 1. The van der Waals surface area contributed by atoms with Gasteiger partial charge >= 0.3 is 6.09 Å². The second-order valence-corrected chi connectivity index (χ2v) is 4.30. The molecule has 1 fully saturated rings. The molecule has 0 saturated carbocycles. The molecule has 1 aromatic carbocycles. The number of ether oxygens (including phenoxy) is 1. The van der Waals surface area contributed by atoms with E-state index in [1.165, 1.54) is 0 Å². The molecule has 19 heavy (non-hydrogen) atoms. The Morgan fingerprint density at radius 3 is 3.00 bits per heavy atom. The van der Waals surface area contributed by atoms with Crippen molar-refractivity contribution < 1.29 is 14.1 Å². The molecule has 0 spiro atoms. The predicted molar refractivity (Wildman–Crippen MR) is 72.7 cm³/mol. The Labute approximate surface area is 115 Å². The molecule has 1 saturated heterocycles. The summed E-state index contributed by atoms with van der Waals surface area (Å²) in [6.07, 6.45) is -0.620. The minimum atomic E-state index is -0.374. The Morgan fingerprint density at radius 1 is 1.53 bits per heavy atom. The van der Waals surface area contributed by atoms with E-state index < -0.39 is 0 Å². The summed E-state index contributed by atoms with van der Waals surface area (Å²) in [5, 5.41) is 4.83. The molecule has 2 N–H and O–H groups in total. The summed E-state index contributed by atoms with van der Waals surface area (Å²) in [4.78, 5) is 13.2. The third-order valence-corrected chi connectivity index (χ3v) is 3.08. The molecule has 1 aliphatic heterocycles. The number of benzene rings is 1. The van der Waals surface area contributed by atoms with Gasteiger partial charge in [-0.1, -0.05) is 5.16 Å². The average Bonchev–Trinajstić information content (AvgIpc) is 2.93. The molecule has 1 aromatic heterocycles. The van der Waals surface area contributed by atoms with Crippen molar-refractivity contribution in [2.24, 2.45) is 5.73 Å². The molecule has 1 amide bonds. The number of hydrogen-bond acceptors (Lipinski definition) is 5. The number of halogens is 1. The van der Waals surface area contributed by atoms with Gasteiger partial charge in [-0.05, 0) is 19.1 Å². The number of hydrogen-bond donors (Lipinski definition) is 1. The first-order valence-electron chi connectivity index (χ1n) is 5.73. The van der Waals surface area contributed by atoms with Crippen LogP contribution in [-0.4, -0.2) is 30.4 Å². The van der Waals surface area contributed by atoms with Crippen molar-refractivity contribution in [2.45, 2.75) is 13.0 Å². The zero-order chi connectivity index (χ0) is 12.7. The van der Waals surface area contributed by atoms with E-state index in [-0.39, 0.29) is 24.6 Å². The van der Waals surface area contributed by atoms with Crippen LogP contribution in [0.3, 0.4) is 0 Å². The molecule has 2 aromatic rings. The van der Waals surface area contributed by atoms with Crippen molar-refractivity contribution in [3.05, 3.63) is 23.9 Å². The van der Waals surface area contributed by atoms with Gasteiger partial charge in [0.05, 0.1) is 17.9 Å². The fraction of sp³-hybridized carbons (Fsp3) is 0.333. The highest BCUT2D eigenvalue weighted by atomic mass is 35.5. The monoisotopic (exact) mass is 283 g/mol. The lowest BCUT2D eigenvalue weighted by molar-refractivity contribution is 0.145. The van der Waals surface area contributed by atoms with Gasteiger partial charge in [0.25, 0.3) is 0 Å². The highest BCUT2D eigenvalue weighted by Crippen LogP contribution is 2.27. The summed E-state index contributed by atoms with van der Waals surface area (Å²) >= 11 is 0. The lowest BCUT2D eigenvalue weighted by atomic mass is 10.2. The summed E-state index contributed by atoms with van der Waals surface area (Å²) in [6.45, 7) is 2.67. The summed E-state index contributed by atoms with van der Waals surface area (Å²) in [5.74, 6) is 0. The van der Waals surface area contributed by atoms with Crippen molar-refractivity contribution in [1.82, 2.24) is 5.16 Å². The number of fused-ring (bicyclic) bond motifs is 1. The molecule has 0 bridgehead atoms. The second kappa shape index (κ2) is 5.07. The van der Waals surface area contributed by atoms with Crippen LogP contribution in [0.2, 0.25) is 0 Å². The molecule has 2 heterocycles. The van der Waals surface area contributed by atoms with Crippen LogP contribution in [0.25, 0.3) is 11.0 Å². The molecule has 7 heteroatoms. The van der Waals surface area contributed by atoms with Crippen LogP contribution < -0.4 is 10.6 Å². The first-order chi connectivity index (χ1) is 8.69. The molecule has 0 radical (unpaired) electrons. The maximum atomic E-state index is 11.7. The Morgan fingerprint density at radius 2 is 2.32 bits per heavy atom. The van der Waals surface area contributed by atoms with E-state index in [0.717, 1.165) is 16.8 Å². The quantitative estimate of drug-likeness (QED) is 0.909. The van der Waals surface area contributed by atoms with E-state index in [1.54, 1.807) is 11.0 Å². The van der Waals surface area contributed by atoms with Crippen LogP contribution in [0.1, 0.15) is 5.69 Å². The summed E-state index contributed by atoms with van der Waals surface area (Å²) < 4.78 is 10.3. The summed E-state index contributed by atoms with van der Waals surface area (Å²) in [7, 11) is 0. The standard InChI is InChI=1S/C12H13N3O3.ClH/c1-7-10-3-2-8(4-11(10)18-14-7)15-6-9(5-13)17-12(15)16;/h2-4,9H,5-6,13H2,1H3;1H. The first-order valence-corrected chi connectivity index (χ1v) is 5.73. The Kier molecular flexibility index (Phi) is 3.64. The second-order valence-electron chi connectivity index (χ2n) is 4.30. The lowest BCUT2D eigenvalue weighted by Crippen LogP contribution is -2.27. The van der Waals surface area contributed by atoms with E-state index in [4.69, 9.17) is 15.0 Å². The van der Waals surface area contributed by atoms with E-state index in [9.17, 15) is 4.79 Å². The number of rotatable bonds is 2. The van der Waals surface area contributed by atoms with E-state index in [2.05, 4.69) is 5.16 Å². The van der Waals surface area contributed by atoms with Gasteiger partial charge in [0.2, 0.25) is 0 Å². The number of nitrogens with zero attached hydrogens (tertiary/aromatic N) is 2. The topological polar surface area (TPSA) is 81.6 Å². The molecule has 1 unspecified atom stereocenters. The fourth-order valence-electron chi connectivity index (χ4n) is 2.08. The highest BCUT2D eigenvalue weighted by molar-refractivity contribution is 5.93. The van der Waals surface area contributed by atoms with Crippen LogP contribution in [-0.2, 0) is 4.74 Å². The van der Waals surface area contributed by atoms with Gasteiger partial charge in [-0.15, -0.1) is 12.4 Å². The number of carbonyl (C=O) groups excluding carboxylic acids is 1. The van der Waals surface area contributed by atoms with Gasteiger partial charge in [0, 0.05) is 18.0 Å². The fourth-order valence-corrected chi connectivity index (χ4v) is 2.08. The number of aromatic nitrogens is 1. The summed E-state index contributed by atoms with van der Waals surface area (Å²) in [5.41, 5.74) is 7.73. The number of cyclic esters (lactones) is 1. The molecule has 0 aliphatic carbocycles. The molecule has 3 rings (SSSR count). The number of nitrogens with two attached hydrogens (primary N) is 1. The maximum absolute atomic E-state index is 11.7. The highest BCUT2D eigenvalue weighted by Gasteiger charge is 2.31. The molecular weight excluding hydrogens is 270 g/mol. The molecule has 1 aliphatic rings. The molecule has 1 atom stereocenters. The van der Waals surface area contributed by atoms with Crippen molar-refractivity contribution in [3.63, 3.8) is 0 Å². The first kappa shape index (κ1) is 13.6. The van der Waals surface area contributed by atoms with Crippen LogP contribution in [0.15, 0.2) is 22.7 Å². The number of carbonyl (C=O) groups is 1. The third kappa shape index (κ3) is 2.24. The minimum absolute atomic E-state index is 0. The van der Waals surface area contributed by atoms with Crippen LogP contribution >= 0.6 is 12.4 Å². The SMILES string of the molecule is Cc1noc2cc(N3CC(CN)OC3=O)ccc12.Cl. The average molecular weight is 284 g/mol. The Bertz CT molecular complexity index is 613. The van der Waals surface area contributed by atoms with Crippen molar-refractivity contribution in [2.75, 3.05) is 18.0 Å². The zero-order valence-corrected chi connectivity index (χ0v) is 11.1. The molecular formula is C12H14ClN3O3. The molecule has 102 valence electrons. The van der Waals surface area contributed by atoms with Gasteiger partial charge < -0.3 is 15.0 Å². The minimum Gasteiger partial charge on any atom is -0.443 e. The van der Waals surface area contributed by atoms with Gasteiger partial charge in [0.1, 0.15) is 6.10 Å². The number of anilines is 1. The largest absolute Gasteiger partial charge is 0.443 e. The lowest BCUT2D eigenvalue weighted by Gasteiger charge is -2.12. The van der Waals surface area contributed by atoms with Crippen LogP contribution in [0.4, 0.5) is 10.5 Å². The van der Waals surface area contributed by atoms with Crippen LogP contribution in [0.5, 0.6) is 0 Å².